The summed E-state index contributed by atoms with van der Waals surface area (Å²) in [6.07, 6.45) is 4.24. The van der Waals surface area contributed by atoms with Crippen LogP contribution in [0.4, 0.5) is 0 Å². The Morgan fingerprint density at radius 1 is 1.44 bits per heavy atom. The molecule has 0 amide bonds. The maximum atomic E-state index is 11.0. The Hall–Kier alpha value is -1.09. The lowest BCUT2D eigenvalue weighted by atomic mass is 9.88. The van der Waals surface area contributed by atoms with Crippen LogP contribution in [0.5, 0.6) is 0 Å². The zero-order valence-electron chi connectivity index (χ0n) is 8.79. The van der Waals surface area contributed by atoms with Crippen LogP contribution in [0.15, 0.2) is 22.7 Å². The highest BCUT2D eigenvalue weighted by Crippen LogP contribution is 2.35. The molecule has 2 nitrogen and oxygen atoms in total. The third kappa shape index (κ3) is 1.42. The van der Waals surface area contributed by atoms with E-state index in [2.05, 4.69) is 33.0 Å². The zero-order valence-corrected chi connectivity index (χ0v) is 10.4. The van der Waals surface area contributed by atoms with Gasteiger partial charge in [0.15, 0.2) is 0 Å². The van der Waals surface area contributed by atoms with Gasteiger partial charge >= 0.3 is 0 Å². The van der Waals surface area contributed by atoms with Crippen LogP contribution in [0, 0.1) is 0 Å². The first-order valence-electron chi connectivity index (χ1n) is 5.55. The summed E-state index contributed by atoms with van der Waals surface area (Å²) < 4.78 is 1.09. The van der Waals surface area contributed by atoms with E-state index in [1.807, 2.05) is 6.07 Å². The minimum atomic E-state index is 0.0647. The first-order chi connectivity index (χ1) is 7.79. The molecule has 82 valence electrons. The van der Waals surface area contributed by atoms with Gasteiger partial charge in [-0.15, -0.1) is 0 Å². The third-order valence-corrected chi connectivity index (χ3v) is 3.87. The third-order valence-electron chi connectivity index (χ3n) is 3.38. The maximum absolute atomic E-state index is 11.0. The number of carbonyl (C=O) groups excluding carboxylic acids is 1. The molecule has 1 N–H and O–H groups in total. The number of hydrogen-bond acceptors (Lipinski definition) is 1. The van der Waals surface area contributed by atoms with Gasteiger partial charge in [0.1, 0.15) is 6.29 Å². The summed E-state index contributed by atoms with van der Waals surface area (Å²) in [7, 11) is 0. The molecule has 16 heavy (non-hydrogen) atoms. The quantitative estimate of drug-likeness (QED) is 0.795. The number of benzene rings is 1. The molecule has 0 saturated carbocycles. The van der Waals surface area contributed by atoms with E-state index in [-0.39, 0.29) is 5.92 Å². The SMILES string of the molecule is O=CC1CCCc2c1[nH]c1ccc(Br)cc21. The van der Waals surface area contributed by atoms with Crippen LogP contribution in [-0.2, 0) is 11.2 Å². The number of rotatable bonds is 1. The Kier molecular flexibility index (Phi) is 2.36. The van der Waals surface area contributed by atoms with Crippen molar-refractivity contribution in [2.45, 2.75) is 25.2 Å². The Bertz CT molecular complexity index is 558. The van der Waals surface area contributed by atoms with Crippen LogP contribution in [-0.4, -0.2) is 11.3 Å². The topological polar surface area (TPSA) is 32.9 Å². The van der Waals surface area contributed by atoms with Gasteiger partial charge in [-0.1, -0.05) is 15.9 Å². The summed E-state index contributed by atoms with van der Waals surface area (Å²) in [5.41, 5.74) is 3.61. The van der Waals surface area contributed by atoms with E-state index in [4.69, 9.17) is 0 Å². The van der Waals surface area contributed by atoms with E-state index < -0.39 is 0 Å². The van der Waals surface area contributed by atoms with Gasteiger partial charge in [-0.3, -0.25) is 0 Å². The molecule has 1 heterocycles. The smallest absolute Gasteiger partial charge is 0.128 e. The Labute approximate surface area is 102 Å². The Morgan fingerprint density at radius 3 is 3.12 bits per heavy atom. The van der Waals surface area contributed by atoms with Crippen molar-refractivity contribution in [3.05, 3.63) is 33.9 Å². The van der Waals surface area contributed by atoms with Crippen molar-refractivity contribution in [2.75, 3.05) is 0 Å². The molecule has 0 spiro atoms. The lowest BCUT2D eigenvalue weighted by Gasteiger charge is -2.17. The Balaban J connectivity index is 2.28. The van der Waals surface area contributed by atoms with Crippen LogP contribution < -0.4 is 0 Å². The number of aryl methyl sites for hydroxylation is 1. The number of H-pyrrole nitrogens is 1. The predicted molar refractivity (Wildman–Crippen MR) is 67.7 cm³/mol. The molecule has 0 fully saturated rings. The second kappa shape index (κ2) is 3.74. The monoisotopic (exact) mass is 277 g/mol. The highest BCUT2D eigenvalue weighted by molar-refractivity contribution is 9.10. The number of aromatic amines is 1. The fourth-order valence-corrected chi connectivity index (χ4v) is 2.97. The maximum Gasteiger partial charge on any atom is 0.128 e. The molecule has 1 atom stereocenters. The molecular formula is C13H12BrNO. The number of carbonyl (C=O) groups is 1. The van der Waals surface area contributed by atoms with Crippen molar-refractivity contribution in [2.24, 2.45) is 0 Å². The van der Waals surface area contributed by atoms with Gasteiger partial charge in [-0.2, -0.15) is 0 Å². The molecule has 3 rings (SSSR count). The first kappa shape index (κ1) is 10.1. The van der Waals surface area contributed by atoms with E-state index in [0.29, 0.717) is 0 Å². The van der Waals surface area contributed by atoms with E-state index in [1.165, 1.54) is 10.9 Å². The summed E-state index contributed by atoms with van der Waals surface area (Å²) in [4.78, 5) is 14.4. The number of halogens is 1. The van der Waals surface area contributed by atoms with Gasteiger partial charge in [0.25, 0.3) is 0 Å². The van der Waals surface area contributed by atoms with Gasteiger partial charge in [-0.25, -0.2) is 0 Å². The second-order valence-corrected chi connectivity index (χ2v) is 5.26. The molecule has 2 aromatic rings. The summed E-state index contributed by atoms with van der Waals surface area (Å²) in [6, 6.07) is 6.23. The van der Waals surface area contributed by atoms with E-state index in [9.17, 15) is 4.79 Å². The van der Waals surface area contributed by atoms with E-state index in [0.717, 1.165) is 41.2 Å². The highest BCUT2D eigenvalue weighted by Gasteiger charge is 2.23. The lowest BCUT2D eigenvalue weighted by molar-refractivity contribution is -0.109. The molecule has 0 bridgehead atoms. The minimum absolute atomic E-state index is 0.0647. The van der Waals surface area contributed by atoms with Crippen molar-refractivity contribution in [3.8, 4) is 0 Å². The van der Waals surface area contributed by atoms with Crippen LogP contribution in [0.3, 0.4) is 0 Å². The van der Waals surface area contributed by atoms with Crippen LogP contribution in [0.25, 0.3) is 10.9 Å². The summed E-state index contributed by atoms with van der Waals surface area (Å²) in [6.45, 7) is 0. The fraction of sp³-hybridized carbons (Fsp3) is 0.308. The molecule has 3 heteroatoms. The van der Waals surface area contributed by atoms with Gasteiger partial charge in [-0.05, 0) is 43.0 Å². The first-order valence-corrected chi connectivity index (χ1v) is 6.34. The van der Waals surface area contributed by atoms with Gasteiger partial charge in [0, 0.05) is 21.1 Å². The minimum Gasteiger partial charge on any atom is -0.358 e. The van der Waals surface area contributed by atoms with E-state index >= 15 is 0 Å². The molecule has 1 aliphatic rings. The Morgan fingerprint density at radius 2 is 2.31 bits per heavy atom. The summed E-state index contributed by atoms with van der Waals surface area (Å²) in [5.74, 6) is 0.0647. The molecule has 0 saturated heterocycles. The number of nitrogens with one attached hydrogen (secondary N) is 1. The number of hydrogen-bond donors (Lipinski definition) is 1. The van der Waals surface area contributed by atoms with Crippen molar-refractivity contribution in [1.82, 2.24) is 4.98 Å². The summed E-state index contributed by atoms with van der Waals surface area (Å²) in [5, 5.41) is 1.26. The van der Waals surface area contributed by atoms with Crippen molar-refractivity contribution >= 4 is 33.1 Å². The van der Waals surface area contributed by atoms with Crippen LogP contribution in [0.1, 0.15) is 30.0 Å². The predicted octanol–water partition coefficient (Wildman–Crippen LogP) is 3.55. The van der Waals surface area contributed by atoms with Gasteiger partial charge in [0.05, 0.1) is 5.92 Å². The molecule has 1 aromatic carbocycles. The van der Waals surface area contributed by atoms with Crippen LogP contribution >= 0.6 is 15.9 Å². The normalized spacial score (nSPS) is 19.7. The van der Waals surface area contributed by atoms with E-state index in [1.54, 1.807) is 0 Å². The van der Waals surface area contributed by atoms with Crippen LogP contribution in [0.2, 0.25) is 0 Å². The molecule has 1 aromatic heterocycles. The van der Waals surface area contributed by atoms with Gasteiger partial charge < -0.3 is 9.78 Å². The van der Waals surface area contributed by atoms with Gasteiger partial charge in [0.2, 0.25) is 0 Å². The number of aldehydes is 1. The highest BCUT2D eigenvalue weighted by atomic mass is 79.9. The molecule has 0 radical (unpaired) electrons. The molecule has 0 aliphatic heterocycles. The zero-order chi connectivity index (χ0) is 11.1. The van der Waals surface area contributed by atoms with Crippen molar-refractivity contribution in [3.63, 3.8) is 0 Å². The largest absolute Gasteiger partial charge is 0.358 e. The average Bonchev–Trinajstić information content (AvgIpc) is 2.67. The molecule has 1 aliphatic carbocycles. The fourth-order valence-electron chi connectivity index (χ4n) is 2.61. The standard InChI is InChI=1S/C13H12BrNO/c14-9-4-5-12-11(6-9)10-3-1-2-8(7-16)13(10)15-12/h4-8,15H,1-3H2. The lowest BCUT2D eigenvalue weighted by Crippen LogP contribution is -2.09. The van der Waals surface area contributed by atoms with Crippen molar-refractivity contribution in [1.29, 1.82) is 0 Å². The second-order valence-electron chi connectivity index (χ2n) is 4.34. The number of aromatic nitrogens is 1. The number of fused-ring (bicyclic) bond motifs is 3. The summed E-state index contributed by atoms with van der Waals surface area (Å²) >= 11 is 3.49. The molecule has 1 unspecified atom stereocenters. The van der Waals surface area contributed by atoms with Crippen molar-refractivity contribution < 1.29 is 4.79 Å². The average molecular weight is 278 g/mol. The molecular weight excluding hydrogens is 266 g/mol.